The highest BCUT2D eigenvalue weighted by Gasteiger charge is 2.42. The lowest BCUT2D eigenvalue weighted by atomic mass is 10.1. The first-order valence-electron chi connectivity index (χ1n) is 6.91. The lowest BCUT2D eigenvalue weighted by Gasteiger charge is -2.20. The van der Waals surface area contributed by atoms with Crippen LogP contribution in [0, 0.1) is 0 Å². The lowest BCUT2D eigenvalue weighted by molar-refractivity contribution is -0.123. The Morgan fingerprint density at radius 2 is 2.13 bits per heavy atom. The molecule has 23 heavy (non-hydrogen) atoms. The van der Waals surface area contributed by atoms with Gasteiger partial charge in [-0.15, -0.1) is 12.4 Å². The minimum Gasteiger partial charge on any atom is -0.486 e. The third-order valence-electron chi connectivity index (χ3n) is 3.55. The Kier molecular flexibility index (Phi) is 5.54. The Bertz CT molecular complexity index is 602. The minimum atomic E-state index is -2.83. The predicted molar refractivity (Wildman–Crippen MR) is 82.9 cm³/mol. The summed E-state index contributed by atoms with van der Waals surface area (Å²) >= 11 is 6.10. The molecule has 0 bridgehead atoms. The molecule has 9 heteroatoms. The average molecular weight is 369 g/mol. The highest BCUT2D eigenvalue weighted by atomic mass is 35.5. The predicted octanol–water partition coefficient (Wildman–Crippen LogP) is 2.15. The molecular formula is C14H16Cl2F2N2O3. The fourth-order valence-corrected chi connectivity index (χ4v) is 2.77. The fraction of sp³-hybridized carbons (Fsp3) is 0.500. The van der Waals surface area contributed by atoms with E-state index < -0.39 is 30.8 Å². The van der Waals surface area contributed by atoms with Gasteiger partial charge in [-0.1, -0.05) is 11.6 Å². The van der Waals surface area contributed by atoms with Gasteiger partial charge in [0.25, 0.3) is 5.92 Å². The Morgan fingerprint density at radius 1 is 1.39 bits per heavy atom. The van der Waals surface area contributed by atoms with Crippen LogP contribution in [0.3, 0.4) is 0 Å². The number of fused-ring (bicyclic) bond motifs is 1. The molecule has 5 nitrogen and oxygen atoms in total. The van der Waals surface area contributed by atoms with Crippen LogP contribution in [0.25, 0.3) is 0 Å². The van der Waals surface area contributed by atoms with Crippen LogP contribution >= 0.6 is 24.0 Å². The number of carbonyl (C=O) groups excluding carboxylic acids is 1. The van der Waals surface area contributed by atoms with E-state index >= 15 is 0 Å². The summed E-state index contributed by atoms with van der Waals surface area (Å²) < 4.78 is 37.0. The Morgan fingerprint density at radius 3 is 2.83 bits per heavy atom. The SMILES string of the molecule is Cl.O=C(NCc1cc(Cl)c2c(c1)OCCO2)C1CC(F)(F)CN1. The molecule has 2 N–H and O–H groups in total. The van der Waals surface area contributed by atoms with Gasteiger partial charge in [0.15, 0.2) is 11.5 Å². The number of hydrogen-bond donors (Lipinski definition) is 2. The van der Waals surface area contributed by atoms with Crippen molar-refractivity contribution in [3.63, 3.8) is 0 Å². The number of alkyl halides is 2. The Hall–Kier alpha value is -1.31. The molecule has 2 aliphatic heterocycles. The highest BCUT2D eigenvalue weighted by Crippen LogP contribution is 2.38. The van der Waals surface area contributed by atoms with Gasteiger partial charge in [0, 0.05) is 13.0 Å². The monoisotopic (exact) mass is 368 g/mol. The molecule has 0 aromatic heterocycles. The molecule has 3 rings (SSSR count). The van der Waals surface area contributed by atoms with E-state index in [1.165, 1.54) is 0 Å². The number of nitrogens with one attached hydrogen (secondary N) is 2. The van der Waals surface area contributed by atoms with Crippen LogP contribution in [0.5, 0.6) is 11.5 Å². The zero-order valence-electron chi connectivity index (χ0n) is 12.0. The van der Waals surface area contributed by atoms with E-state index in [2.05, 4.69) is 10.6 Å². The van der Waals surface area contributed by atoms with Gasteiger partial charge >= 0.3 is 0 Å². The number of benzene rings is 1. The standard InChI is InChI=1S/C14H15ClF2N2O3.ClH/c15-9-3-8(4-11-12(9)22-2-1-21-11)6-18-13(20)10-5-14(16,17)7-19-10;/h3-4,10,19H,1-2,5-7H2,(H,18,20);1H. The largest absolute Gasteiger partial charge is 0.486 e. The van der Waals surface area contributed by atoms with Gasteiger partial charge in [-0.2, -0.15) is 0 Å². The zero-order chi connectivity index (χ0) is 15.7. The maximum absolute atomic E-state index is 13.1. The zero-order valence-corrected chi connectivity index (χ0v) is 13.6. The van der Waals surface area contributed by atoms with Gasteiger partial charge in [0.2, 0.25) is 5.91 Å². The Balaban J connectivity index is 0.00000192. The molecule has 0 saturated carbocycles. The van der Waals surface area contributed by atoms with Crippen molar-refractivity contribution in [3.8, 4) is 11.5 Å². The molecule has 1 saturated heterocycles. The van der Waals surface area contributed by atoms with Gasteiger partial charge in [-0.25, -0.2) is 8.78 Å². The topological polar surface area (TPSA) is 59.6 Å². The third kappa shape index (κ3) is 4.16. The molecule has 128 valence electrons. The third-order valence-corrected chi connectivity index (χ3v) is 3.83. The van der Waals surface area contributed by atoms with Crippen molar-refractivity contribution in [2.75, 3.05) is 19.8 Å². The van der Waals surface area contributed by atoms with Gasteiger partial charge < -0.3 is 14.8 Å². The van der Waals surface area contributed by atoms with E-state index in [9.17, 15) is 13.6 Å². The van der Waals surface area contributed by atoms with Crippen LogP contribution in [-0.4, -0.2) is 37.6 Å². The number of amides is 1. The van der Waals surface area contributed by atoms with E-state index in [1.54, 1.807) is 12.1 Å². The summed E-state index contributed by atoms with van der Waals surface area (Å²) in [5, 5.41) is 5.53. The second-order valence-corrected chi connectivity index (χ2v) is 5.72. The molecule has 1 aromatic rings. The van der Waals surface area contributed by atoms with E-state index in [0.29, 0.717) is 35.3 Å². The molecule has 0 aliphatic carbocycles. The highest BCUT2D eigenvalue weighted by molar-refractivity contribution is 6.32. The summed E-state index contributed by atoms with van der Waals surface area (Å²) in [4.78, 5) is 11.9. The van der Waals surface area contributed by atoms with E-state index in [-0.39, 0.29) is 19.0 Å². The number of hydrogen-bond acceptors (Lipinski definition) is 4. The second-order valence-electron chi connectivity index (χ2n) is 5.31. The van der Waals surface area contributed by atoms with Crippen molar-refractivity contribution in [3.05, 3.63) is 22.7 Å². The normalized spacial score (nSPS) is 21.4. The molecule has 0 radical (unpaired) electrons. The number of ether oxygens (including phenoxy) is 2. The van der Waals surface area contributed by atoms with Gasteiger partial charge in [-0.05, 0) is 17.7 Å². The first-order chi connectivity index (χ1) is 10.4. The van der Waals surface area contributed by atoms with Crippen molar-refractivity contribution in [1.29, 1.82) is 0 Å². The summed E-state index contributed by atoms with van der Waals surface area (Å²) in [7, 11) is 0. The Labute approximate surface area is 143 Å². The maximum Gasteiger partial charge on any atom is 0.262 e. The molecule has 0 spiro atoms. The lowest BCUT2D eigenvalue weighted by Crippen LogP contribution is -2.40. The van der Waals surface area contributed by atoms with E-state index in [1.807, 2.05) is 0 Å². The van der Waals surface area contributed by atoms with Crippen LogP contribution in [0.1, 0.15) is 12.0 Å². The van der Waals surface area contributed by atoms with Crippen LogP contribution in [0.15, 0.2) is 12.1 Å². The molecule has 1 unspecified atom stereocenters. The molecule has 1 fully saturated rings. The molecule has 1 atom stereocenters. The summed E-state index contributed by atoms with van der Waals surface area (Å²) in [5.74, 6) is -2.28. The maximum atomic E-state index is 13.1. The fourth-order valence-electron chi connectivity index (χ4n) is 2.48. The number of halogens is 4. The summed E-state index contributed by atoms with van der Waals surface area (Å²) in [6, 6.07) is 2.51. The molecule has 2 heterocycles. The second kappa shape index (κ2) is 7.07. The molecule has 2 aliphatic rings. The van der Waals surface area contributed by atoms with Crippen LogP contribution in [-0.2, 0) is 11.3 Å². The van der Waals surface area contributed by atoms with E-state index in [0.717, 1.165) is 0 Å². The van der Waals surface area contributed by atoms with Gasteiger partial charge in [0.05, 0.1) is 17.6 Å². The van der Waals surface area contributed by atoms with Crippen LogP contribution in [0.2, 0.25) is 5.02 Å². The molecular weight excluding hydrogens is 353 g/mol. The smallest absolute Gasteiger partial charge is 0.262 e. The van der Waals surface area contributed by atoms with Gasteiger partial charge in [0.1, 0.15) is 13.2 Å². The van der Waals surface area contributed by atoms with Crippen molar-refractivity contribution < 1.29 is 23.0 Å². The first kappa shape index (κ1) is 18.0. The summed E-state index contributed by atoms with van der Waals surface area (Å²) in [6.45, 7) is 0.574. The minimum absolute atomic E-state index is 0. The van der Waals surface area contributed by atoms with Gasteiger partial charge in [-0.3, -0.25) is 10.1 Å². The first-order valence-corrected chi connectivity index (χ1v) is 7.29. The van der Waals surface area contributed by atoms with Crippen molar-refractivity contribution in [2.45, 2.75) is 24.9 Å². The van der Waals surface area contributed by atoms with Crippen molar-refractivity contribution >= 4 is 29.9 Å². The number of carbonyl (C=O) groups is 1. The van der Waals surface area contributed by atoms with Crippen molar-refractivity contribution in [2.24, 2.45) is 0 Å². The summed E-state index contributed by atoms with van der Waals surface area (Å²) in [6.07, 6.45) is -0.485. The van der Waals surface area contributed by atoms with Crippen LogP contribution < -0.4 is 20.1 Å². The molecule has 1 aromatic carbocycles. The summed E-state index contributed by atoms with van der Waals surface area (Å²) in [5.41, 5.74) is 0.715. The van der Waals surface area contributed by atoms with Crippen LogP contribution in [0.4, 0.5) is 8.78 Å². The van der Waals surface area contributed by atoms with Crippen molar-refractivity contribution in [1.82, 2.24) is 10.6 Å². The average Bonchev–Trinajstić information content (AvgIpc) is 2.85. The number of rotatable bonds is 3. The quantitative estimate of drug-likeness (QED) is 0.857. The van der Waals surface area contributed by atoms with E-state index in [4.69, 9.17) is 21.1 Å². The molecule has 1 amide bonds.